The number of ether oxygens (including phenoxy) is 1. The van der Waals surface area contributed by atoms with Crippen molar-refractivity contribution in [2.24, 2.45) is 29.1 Å². The third kappa shape index (κ3) is 3.11. The Morgan fingerprint density at radius 3 is 1.62 bits per heavy atom. The van der Waals surface area contributed by atoms with Crippen molar-refractivity contribution >= 4 is 80.1 Å². The largest absolute Gasteiger partial charge is 0.463 e. The zero-order valence-corrected chi connectivity index (χ0v) is 24.7. The quantitative estimate of drug-likeness (QED) is 0.265. The normalized spacial score (nSPS) is 32.6. The highest BCUT2D eigenvalue weighted by atomic mass is 79.9. The Balaban J connectivity index is 1.61. The van der Waals surface area contributed by atoms with E-state index in [1.165, 1.54) is 0 Å². The van der Waals surface area contributed by atoms with Crippen LogP contribution in [0.3, 0.4) is 0 Å². The van der Waals surface area contributed by atoms with Gasteiger partial charge in [0.15, 0.2) is 0 Å². The lowest BCUT2D eigenvalue weighted by molar-refractivity contribution is -0.152. The van der Waals surface area contributed by atoms with Crippen LogP contribution in [-0.2, 0) is 28.7 Å². The van der Waals surface area contributed by atoms with Gasteiger partial charge in [-0.1, -0.05) is 70.3 Å². The highest BCUT2D eigenvalue weighted by Gasteiger charge is 2.81. The average Bonchev–Trinajstić information content (AvgIpc) is 3.34. The smallest absolute Gasteiger partial charge is 0.334 e. The van der Waals surface area contributed by atoms with Crippen molar-refractivity contribution < 1.29 is 28.7 Å². The molecule has 40 heavy (non-hydrogen) atoms. The molecule has 0 unspecified atom stereocenters. The van der Waals surface area contributed by atoms with Gasteiger partial charge in [-0.3, -0.25) is 19.2 Å². The summed E-state index contributed by atoms with van der Waals surface area (Å²) in [6.45, 7) is 4.98. The molecule has 1 saturated carbocycles. The Morgan fingerprint density at radius 2 is 1.23 bits per heavy atom. The SMILES string of the molecule is CCOC(=O)C1=C(C)C2(Br)[C@@H]3C(=O)N(c4ccccc4Cl)C(=O)[C@@H]3C1(C)[C@H]1C(=O)N(c3ccccc3Cl)C(=O)[C@H]12. The number of benzene rings is 2. The van der Waals surface area contributed by atoms with Crippen LogP contribution >= 0.6 is 39.1 Å². The van der Waals surface area contributed by atoms with Crippen molar-refractivity contribution in [1.29, 1.82) is 0 Å². The first-order valence-electron chi connectivity index (χ1n) is 12.8. The predicted octanol–water partition coefficient (Wildman–Crippen LogP) is 4.95. The number of allylic oxidation sites excluding steroid dienone is 1. The summed E-state index contributed by atoms with van der Waals surface area (Å²) in [4.78, 5) is 72.6. The molecule has 2 aromatic rings. The number of amides is 4. The first kappa shape index (κ1) is 27.2. The van der Waals surface area contributed by atoms with E-state index in [2.05, 4.69) is 15.9 Å². The number of esters is 1. The predicted molar refractivity (Wildman–Crippen MR) is 151 cm³/mol. The van der Waals surface area contributed by atoms with Gasteiger partial charge in [0.2, 0.25) is 23.6 Å². The Kier molecular flexibility index (Phi) is 6.11. The molecule has 0 radical (unpaired) electrons. The highest BCUT2D eigenvalue weighted by Crippen LogP contribution is 2.72. The van der Waals surface area contributed by atoms with Crippen molar-refractivity contribution in [2.45, 2.75) is 25.1 Å². The maximum Gasteiger partial charge on any atom is 0.334 e. The molecule has 2 aromatic carbocycles. The van der Waals surface area contributed by atoms with Crippen LogP contribution < -0.4 is 9.80 Å². The second kappa shape index (κ2) is 8.99. The van der Waals surface area contributed by atoms with E-state index in [-0.39, 0.29) is 33.6 Å². The fourth-order valence-electron chi connectivity index (χ4n) is 7.47. The van der Waals surface area contributed by atoms with E-state index in [0.717, 1.165) is 9.80 Å². The molecule has 2 heterocycles. The molecular formula is C29H23BrCl2N2O6. The van der Waals surface area contributed by atoms with Crippen LogP contribution in [0.1, 0.15) is 20.8 Å². The number of rotatable bonds is 4. The number of carbonyl (C=O) groups excluding carboxylic acids is 5. The number of imide groups is 2. The summed E-state index contributed by atoms with van der Waals surface area (Å²) in [7, 11) is 0. The molecule has 0 N–H and O–H groups in total. The summed E-state index contributed by atoms with van der Waals surface area (Å²) in [5.74, 6) is -7.52. The van der Waals surface area contributed by atoms with E-state index in [9.17, 15) is 24.0 Å². The van der Waals surface area contributed by atoms with E-state index in [1.54, 1.807) is 69.3 Å². The standard InChI is InChI=1S/C29H23BrCl2N2O6/c1-4-40-27(39)18-13(2)29(30)21-19(23(35)33(25(21)37)16-11-7-5-9-14(16)31)28(18,3)20-22(29)26(38)34(24(20)36)17-12-8-6-10-15(17)32/h5-12,19-22H,4H2,1-3H3/t19-,20-,21+,22+,28?,29?/m1/s1. The van der Waals surface area contributed by atoms with E-state index in [1.807, 2.05) is 0 Å². The summed E-state index contributed by atoms with van der Waals surface area (Å²) in [5.41, 5.74) is -0.641. The molecule has 3 aliphatic carbocycles. The van der Waals surface area contributed by atoms with Crippen molar-refractivity contribution in [3.05, 3.63) is 69.7 Å². The molecule has 4 amide bonds. The molecule has 11 heteroatoms. The van der Waals surface area contributed by atoms with E-state index in [0.29, 0.717) is 5.57 Å². The van der Waals surface area contributed by atoms with Gasteiger partial charge < -0.3 is 4.74 Å². The fraction of sp³-hybridized carbons (Fsp3) is 0.345. The molecule has 7 rings (SSSR count). The lowest BCUT2D eigenvalue weighted by Crippen LogP contribution is -2.67. The summed E-state index contributed by atoms with van der Waals surface area (Å²) in [6.07, 6.45) is 0. The minimum Gasteiger partial charge on any atom is -0.463 e. The van der Waals surface area contributed by atoms with Gasteiger partial charge in [-0.05, 0) is 43.7 Å². The molecule has 8 nitrogen and oxygen atoms in total. The molecular weight excluding hydrogens is 623 g/mol. The Hall–Kier alpha value is -3.01. The number of halogens is 3. The summed E-state index contributed by atoms with van der Waals surface area (Å²) < 4.78 is 3.88. The van der Waals surface area contributed by atoms with Crippen LogP contribution in [0.4, 0.5) is 11.4 Å². The summed E-state index contributed by atoms with van der Waals surface area (Å²) >= 11 is 16.6. The van der Waals surface area contributed by atoms with Crippen LogP contribution in [0, 0.1) is 29.1 Å². The Bertz CT molecular complexity index is 1500. The molecule has 206 valence electrons. The van der Waals surface area contributed by atoms with Gasteiger partial charge in [0.05, 0.1) is 56.0 Å². The molecule has 4 atom stereocenters. The van der Waals surface area contributed by atoms with Crippen molar-refractivity contribution in [3.8, 4) is 0 Å². The highest BCUT2D eigenvalue weighted by molar-refractivity contribution is 9.10. The number of anilines is 2. The molecule has 2 bridgehead atoms. The lowest BCUT2D eigenvalue weighted by Gasteiger charge is -2.59. The van der Waals surface area contributed by atoms with Crippen LogP contribution in [0.5, 0.6) is 0 Å². The van der Waals surface area contributed by atoms with Gasteiger partial charge in [0, 0.05) is 11.0 Å². The van der Waals surface area contributed by atoms with Crippen molar-refractivity contribution in [2.75, 3.05) is 16.4 Å². The average molecular weight is 646 g/mol. The second-order valence-corrected chi connectivity index (χ2v) is 12.7. The monoisotopic (exact) mass is 644 g/mol. The van der Waals surface area contributed by atoms with E-state index in [4.69, 9.17) is 27.9 Å². The van der Waals surface area contributed by atoms with Gasteiger partial charge in [0.25, 0.3) is 0 Å². The van der Waals surface area contributed by atoms with Crippen LogP contribution in [-0.4, -0.2) is 40.5 Å². The van der Waals surface area contributed by atoms with Gasteiger partial charge >= 0.3 is 5.97 Å². The zero-order chi connectivity index (χ0) is 28.9. The second-order valence-electron chi connectivity index (χ2n) is 10.6. The molecule has 2 aliphatic heterocycles. The summed E-state index contributed by atoms with van der Waals surface area (Å²) in [6, 6.07) is 12.9. The molecule has 0 aromatic heterocycles. The third-order valence-corrected chi connectivity index (χ3v) is 11.2. The number of carbonyl (C=O) groups is 5. The van der Waals surface area contributed by atoms with E-state index >= 15 is 0 Å². The lowest BCUT2D eigenvalue weighted by atomic mass is 9.43. The number of hydrogen-bond acceptors (Lipinski definition) is 6. The molecule has 2 saturated heterocycles. The number of alkyl halides is 1. The van der Waals surface area contributed by atoms with Gasteiger partial charge in [0.1, 0.15) is 0 Å². The number of nitrogens with zero attached hydrogens (tertiary/aromatic N) is 2. The van der Waals surface area contributed by atoms with Gasteiger partial charge in [-0.25, -0.2) is 14.6 Å². The van der Waals surface area contributed by atoms with Crippen molar-refractivity contribution in [1.82, 2.24) is 0 Å². The van der Waals surface area contributed by atoms with Crippen LogP contribution in [0.2, 0.25) is 10.0 Å². The Labute approximate surface area is 248 Å². The minimum atomic E-state index is -1.55. The first-order chi connectivity index (χ1) is 18.9. The maximum atomic E-state index is 14.3. The summed E-state index contributed by atoms with van der Waals surface area (Å²) in [5, 5.41) is 0.382. The maximum absolute atomic E-state index is 14.3. The Morgan fingerprint density at radius 1 is 0.825 bits per heavy atom. The first-order valence-corrected chi connectivity index (χ1v) is 14.3. The van der Waals surface area contributed by atoms with Gasteiger partial charge in [-0.15, -0.1) is 0 Å². The number of hydrogen-bond donors (Lipinski definition) is 0. The van der Waals surface area contributed by atoms with Crippen molar-refractivity contribution in [3.63, 3.8) is 0 Å². The van der Waals surface area contributed by atoms with Gasteiger partial charge in [-0.2, -0.15) is 0 Å². The van der Waals surface area contributed by atoms with E-state index < -0.39 is 63.0 Å². The third-order valence-electron chi connectivity index (χ3n) is 8.96. The molecule has 3 fully saturated rings. The van der Waals surface area contributed by atoms with Crippen LogP contribution in [0.15, 0.2) is 59.7 Å². The fourth-order valence-corrected chi connectivity index (χ4v) is 9.03. The van der Waals surface area contributed by atoms with Crippen LogP contribution in [0.25, 0.3) is 0 Å². The number of para-hydroxylation sites is 2. The molecule has 5 aliphatic rings. The minimum absolute atomic E-state index is 0.0560. The topological polar surface area (TPSA) is 101 Å². The molecule has 0 spiro atoms. The zero-order valence-electron chi connectivity index (χ0n) is 21.6.